The summed E-state index contributed by atoms with van der Waals surface area (Å²) in [6, 6.07) is 3.47. The number of nitrogens with one attached hydrogen (secondary N) is 2. The smallest absolute Gasteiger partial charge is 0.226 e. The Morgan fingerprint density at radius 3 is 2.62 bits per heavy atom. The third kappa shape index (κ3) is 2.84. The minimum atomic E-state index is -0.165. The molecule has 1 atom stereocenters. The number of aromatic nitrogens is 1. The molecule has 0 aliphatic carbocycles. The van der Waals surface area contributed by atoms with Gasteiger partial charge in [0.2, 0.25) is 11.7 Å². The molecule has 0 spiro atoms. The van der Waals surface area contributed by atoms with E-state index in [1.54, 1.807) is 12.1 Å². The van der Waals surface area contributed by atoms with Gasteiger partial charge in [-0.3, -0.25) is 4.79 Å². The van der Waals surface area contributed by atoms with Gasteiger partial charge in [-0.2, -0.15) is 0 Å². The maximum Gasteiger partial charge on any atom is 0.226 e. The molecule has 2 heterocycles. The maximum absolute atomic E-state index is 12.1. The molecule has 1 amide bonds. The number of anilines is 2. The molecule has 2 aromatic rings. The van der Waals surface area contributed by atoms with Crippen LogP contribution in [0.25, 0.3) is 0 Å². The lowest BCUT2D eigenvalue weighted by Crippen LogP contribution is -2.22. The average molecular weight is 349 g/mol. The summed E-state index contributed by atoms with van der Waals surface area (Å²) < 4.78 is 10.4. The van der Waals surface area contributed by atoms with Crippen molar-refractivity contribution in [2.24, 2.45) is 0 Å². The van der Waals surface area contributed by atoms with Crippen molar-refractivity contribution in [2.75, 3.05) is 31.4 Å². The highest BCUT2D eigenvalue weighted by atomic mass is 32.1. The summed E-state index contributed by atoms with van der Waals surface area (Å²) in [7, 11) is 2.96. The highest BCUT2D eigenvalue weighted by molar-refractivity contribution is 7.16. The van der Waals surface area contributed by atoms with Gasteiger partial charge in [-0.05, 0) is 24.6 Å². The summed E-state index contributed by atoms with van der Waals surface area (Å²) in [6.07, 6.45) is 0.303. The van der Waals surface area contributed by atoms with E-state index in [0.717, 1.165) is 22.1 Å². The van der Waals surface area contributed by atoms with Crippen molar-refractivity contribution < 1.29 is 19.4 Å². The van der Waals surface area contributed by atoms with Crippen LogP contribution < -0.4 is 20.1 Å². The fourth-order valence-corrected chi connectivity index (χ4v) is 3.85. The molecule has 1 aliphatic heterocycles. The molecular formula is C16H19N3O4S. The largest absolute Gasteiger partial charge is 0.502 e. The predicted octanol–water partition coefficient (Wildman–Crippen LogP) is 2.77. The number of amides is 1. The summed E-state index contributed by atoms with van der Waals surface area (Å²) in [4.78, 5) is 17.5. The van der Waals surface area contributed by atoms with E-state index < -0.39 is 0 Å². The highest BCUT2D eigenvalue weighted by Crippen LogP contribution is 2.46. The van der Waals surface area contributed by atoms with Crippen LogP contribution in [0.15, 0.2) is 12.1 Å². The van der Waals surface area contributed by atoms with Crippen LogP contribution in [0.5, 0.6) is 17.2 Å². The van der Waals surface area contributed by atoms with Crippen molar-refractivity contribution in [3.63, 3.8) is 0 Å². The van der Waals surface area contributed by atoms with Gasteiger partial charge in [0.1, 0.15) is 5.82 Å². The van der Waals surface area contributed by atoms with Crippen molar-refractivity contribution in [3.05, 3.63) is 22.6 Å². The third-order valence-electron chi connectivity index (χ3n) is 3.85. The van der Waals surface area contributed by atoms with Crippen molar-refractivity contribution in [1.29, 1.82) is 0 Å². The Bertz CT molecular complexity index is 750. The van der Waals surface area contributed by atoms with E-state index in [1.807, 2.05) is 6.92 Å². The number of fused-ring (bicyclic) bond motifs is 1. The molecule has 1 aliphatic rings. The van der Waals surface area contributed by atoms with E-state index in [4.69, 9.17) is 9.47 Å². The minimum Gasteiger partial charge on any atom is -0.502 e. The van der Waals surface area contributed by atoms with Gasteiger partial charge in [0.05, 0.1) is 19.1 Å². The van der Waals surface area contributed by atoms with E-state index in [-0.39, 0.29) is 17.6 Å². The molecule has 3 N–H and O–H groups in total. The van der Waals surface area contributed by atoms with Crippen molar-refractivity contribution in [1.82, 2.24) is 4.98 Å². The number of phenols is 1. The number of hydrogen-bond acceptors (Lipinski definition) is 7. The quantitative estimate of drug-likeness (QED) is 0.769. The first-order valence-corrected chi connectivity index (χ1v) is 8.38. The summed E-state index contributed by atoms with van der Waals surface area (Å²) in [5.41, 5.74) is 0.837. The SMILES string of the molecule is CCNc1nc2c(s1)C(c1cc(OC)c(O)c(OC)c1)CC(=O)N2. The maximum atomic E-state index is 12.1. The first kappa shape index (κ1) is 16.4. The van der Waals surface area contributed by atoms with Crippen molar-refractivity contribution in [2.45, 2.75) is 19.3 Å². The van der Waals surface area contributed by atoms with E-state index >= 15 is 0 Å². The molecule has 1 unspecified atom stereocenters. The lowest BCUT2D eigenvalue weighted by Gasteiger charge is -2.22. The first-order valence-electron chi connectivity index (χ1n) is 7.56. The van der Waals surface area contributed by atoms with Gasteiger partial charge < -0.3 is 25.2 Å². The lowest BCUT2D eigenvalue weighted by molar-refractivity contribution is -0.116. The van der Waals surface area contributed by atoms with Gasteiger partial charge in [0.15, 0.2) is 16.6 Å². The summed E-state index contributed by atoms with van der Waals surface area (Å²) >= 11 is 1.51. The number of carbonyl (C=O) groups is 1. The number of aromatic hydroxyl groups is 1. The van der Waals surface area contributed by atoms with Gasteiger partial charge in [-0.1, -0.05) is 11.3 Å². The molecule has 128 valence electrons. The summed E-state index contributed by atoms with van der Waals surface area (Å²) in [6.45, 7) is 2.75. The number of ether oxygens (including phenoxy) is 2. The van der Waals surface area contributed by atoms with Gasteiger partial charge in [-0.25, -0.2) is 4.98 Å². The second kappa shape index (κ2) is 6.56. The molecule has 7 nitrogen and oxygen atoms in total. The van der Waals surface area contributed by atoms with E-state index in [0.29, 0.717) is 23.7 Å². The van der Waals surface area contributed by atoms with Crippen LogP contribution in [0, 0.1) is 0 Å². The Labute approximate surface area is 143 Å². The van der Waals surface area contributed by atoms with Crippen molar-refractivity contribution in [3.8, 4) is 17.2 Å². The number of phenolic OH excluding ortho intramolecular Hbond substituents is 1. The molecule has 0 radical (unpaired) electrons. The van der Waals surface area contributed by atoms with Crippen LogP contribution in [-0.4, -0.2) is 36.8 Å². The van der Waals surface area contributed by atoms with E-state index in [2.05, 4.69) is 15.6 Å². The highest BCUT2D eigenvalue weighted by Gasteiger charge is 2.31. The molecule has 0 saturated heterocycles. The number of carbonyl (C=O) groups excluding carboxylic acids is 1. The number of hydrogen-bond donors (Lipinski definition) is 3. The topological polar surface area (TPSA) is 92.7 Å². The molecule has 0 bridgehead atoms. The minimum absolute atomic E-state index is 0.0538. The average Bonchev–Trinajstić information content (AvgIpc) is 2.97. The Kier molecular flexibility index (Phi) is 4.48. The Hall–Kier alpha value is -2.48. The third-order valence-corrected chi connectivity index (χ3v) is 4.98. The lowest BCUT2D eigenvalue weighted by atomic mass is 9.91. The molecule has 0 saturated carbocycles. The zero-order chi connectivity index (χ0) is 17.3. The van der Waals surface area contributed by atoms with Crippen LogP contribution in [0.2, 0.25) is 0 Å². The molecular weight excluding hydrogens is 330 g/mol. The number of methoxy groups -OCH3 is 2. The summed E-state index contributed by atoms with van der Waals surface area (Å²) in [5.74, 6) is 0.903. The fraction of sp³-hybridized carbons (Fsp3) is 0.375. The van der Waals surface area contributed by atoms with E-state index in [9.17, 15) is 9.90 Å². The number of benzene rings is 1. The van der Waals surface area contributed by atoms with Crippen LogP contribution >= 0.6 is 11.3 Å². The van der Waals surface area contributed by atoms with Crippen LogP contribution in [-0.2, 0) is 4.79 Å². The zero-order valence-corrected chi connectivity index (χ0v) is 14.5. The van der Waals surface area contributed by atoms with Gasteiger partial charge >= 0.3 is 0 Å². The van der Waals surface area contributed by atoms with Gasteiger partial charge in [0.25, 0.3) is 0 Å². The number of nitrogens with zero attached hydrogens (tertiary/aromatic N) is 1. The van der Waals surface area contributed by atoms with Crippen molar-refractivity contribution >= 4 is 28.2 Å². The Morgan fingerprint density at radius 1 is 1.38 bits per heavy atom. The number of thiazole rings is 1. The molecule has 8 heteroatoms. The predicted molar refractivity (Wildman–Crippen MR) is 92.6 cm³/mol. The Balaban J connectivity index is 2.08. The fourth-order valence-electron chi connectivity index (χ4n) is 2.73. The molecule has 3 rings (SSSR count). The molecule has 1 aromatic heterocycles. The zero-order valence-electron chi connectivity index (χ0n) is 13.7. The van der Waals surface area contributed by atoms with Gasteiger partial charge in [-0.15, -0.1) is 0 Å². The van der Waals surface area contributed by atoms with Gasteiger partial charge in [0, 0.05) is 18.9 Å². The van der Waals surface area contributed by atoms with Crippen LogP contribution in [0.4, 0.5) is 10.9 Å². The number of rotatable bonds is 5. The second-order valence-corrected chi connectivity index (χ2v) is 6.37. The van der Waals surface area contributed by atoms with Crippen LogP contribution in [0.1, 0.15) is 29.7 Å². The first-order chi connectivity index (χ1) is 11.6. The van der Waals surface area contributed by atoms with E-state index in [1.165, 1.54) is 25.6 Å². The summed E-state index contributed by atoms with van der Waals surface area (Å²) in [5, 5.41) is 16.8. The Morgan fingerprint density at radius 2 is 2.04 bits per heavy atom. The normalized spacial score (nSPS) is 16.3. The second-order valence-electron chi connectivity index (χ2n) is 5.34. The standard InChI is InChI=1S/C16H19N3O4S/c1-4-17-16-19-15-14(24-16)9(7-12(20)18-15)8-5-10(22-2)13(21)11(6-8)23-3/h5-6,9,21H,4,7H2,1-3H3,(H,17,19)(H,18,20). The monoisotopic (exact) mass is 349 g/mol. The van der Waals surface area contributed by atoms with Crippen LogP contribution in [0.3, 0.4) is 0 Å². The molecule has 0 fully saturated rings. The molecule has 1 aromatic carbocycles. The molecule has 24 heavy (non-hydrogen) atoms.